The number of piperidine rings is 1. The summed E-state index contributed by atoms with van der Waals surface area (Å²) in [5.41, 5.74) is 0. The number of rotatable bonds is 3. The highest BCUT2D eigenvalue weighted by molar-refractivity contribution is 4.99. The van der Waals surface area contributed by atoms with Crippen molar-refractivity contribution in [1.82, 2.24) is 15.5 Å². The van der Waals surface area contributed by atoms with Gasteiger partial charge < -0.3 is 9.84 Å². The summed E-state index contributed by atoms with van der Waals surface area (Å²) in [5.74, 6) is 3.08. The van der Waals surface area contributed by atoms with E-state index in [4.69, 9.17) is 4.52 Å². The Morgan fingerprint density at radius 3 is 3.00 bits per heavy atom. The summed E-state index contributed by atoms with van der Waals surface area (Å²) >= 11 is 0. The molecule has 1 saturated heterocycles. The van der Waals surface area contributed by atoms with Crippen LogP contribution in [0.15, 0.2) is 4.52 Å². The lowest BCUT2D eigenvalue weighted by atomic mass is 9.93. The van der Waals surface area contributed by atoms with Gasteiger partial charge >= 0.3 is 0 Å². The molecule has 16 heavy (non-hydrogen) atoms. The first-order chi connectivity index (χ1) is 7.81. The molecule has 1 aromatic rings. The van der Waals surface area contributed by atoms with Crippen molar-refractivity contribution in [3.8, 4) is 0 Å². The standard InChI is InChI=1S/C12H19N3O/c1-8-6-10(4-5-13-8)12-14-11(15-16-12)7-9-2-3-9/h8-10,13H,2-7H2,1H3/t8-,10-/m0/s1. The summed E-state index contributed by atoms with van der Waals surface area (Å²) in [6.45, 7) is 3.28. The molecule has 2 aliphatic rings. The molecule has 2 heterocycles. The van der Waals surface area contributed by atoms with Crippen LogP contribution in [0, 0.1) is 5.92 Å². The van der Waals surface area contributed by atoms with Gasteiger partial charge in [0.2, 0.25) is 5.89 Å². The van der Waals surface area contributed by atoms with E-state index in [1.54, 1.807) is 0 Å². The molecule has 4 heteroatoms. The highest BCUT2D eigenvalue weighted by Gasteiger charge is 2.27. The van der Waals surface area contributed by atoms with Gasteiger partial charge in [0.1, 0.15) is 0 Å². The quantitative estimate of drug-likeness (QED) is 0.846. The van der Waals surface area contributed by atoms with E-state index in [0.29, 0.717) is 12.0 Å². The summed E-state index contributed by atoms with van der Waals surface area (Å²) in [7, 11) is 0. The highest BCUT2D eigenvalue weighted by atomic mass is 16.5. The molecule has 88 valence electrons. The lowest BCUT2D eigenvalue weighted by Gasteiger charge is -2.25. The minimum absolute atomic E-state index is 0.469. The van der Waals surface area contributed by atoms with Gasteiger partial charge in [0.05, 0.1) is 0 Å². The van der Waals surface area contributed by atoms with E-state index in [1.165, 1.54) is 12.8 Å². The van der Waals surface area contributed by atoms with Crippen molar-refractivity contribution < 1.29 is 4.52 Å². The molecule has 2 atom stereocenters. The van der Waals surface area contributed by atoms with Crippen LogP contribution in [-0.4, -0.2) is 22.7 Å². The lowest BCUT2D eigenvalue weighted by molar-refractivity contribution is 0.294. The minimum atomic E-state index is 0.469. The van der Waals surface area contributed by atoms with Gasteiger partial charge in [-0.1, -0.05) is 5.16 Å². The summed E-state index contributed by atoms with van der Waals surface area (Å²) in [5, 5.41) is 7.53. The highest BCUT2D eigenvalue weighted by Crippen LogP contribution is 2.32. The van der Waals surface area contributed by atoms with Gasteiger partial charge in [0.25, 0.3) is 0 Å². The number of hydrogen-bond acceptors (Lipinski definition) is 4. The van der Waals surface area contributed by atoms with Crippen LogP contribution in [0.3, 0.4) is 0 Å². The number of hydrogen-bond donors (Lipinski definition) is 1. The average molecular weight is 221 g/mol. The SMILES string of the molecule is C[C@H]1C[C@@H](c2nc(CC3CC3)no2)CCN1. The molecule has 4 nitrogen and oxygen atoms in total. The monoisotopic (exact) mass is 221 g/mol. The Kier molecular flexibility index (Phi) is 2.67. The molecule has 0 unspecified atom stereocenters. The summed E-state index contributed by atoms with van der Waals surface area (Å²) in [6.07, 6.45) is 5.94. The number of nitrogens with zero attached hydrogens (tertiary/aromatic N) is 2. The average Bonchev–Trinajstić information content (AvgIpc) is 2.94. The first-order valence-corrected chi connectivity index (χ1v) is 6.37. The smallest absolute Gasteiger partial charge is 0.229 e. The van der Waals surface area contributed by atoms with E-state index in [-0.39, 0.29) is 0 Å². The van der Waals surface area contributed by atoms with E-state index >= 15 is 0 Å². The van der Waals surface area contributed by atoms with Crippen molar-refractivity contribution >= 4 is 0 Å². The van der Waals surface area contributed by atoms with Crippen LogP contribution < -0.4 is 5.32 Å². The largest absolute Gasteiger partial charge is 0.339 e. The maximum atomic E-state index is 5.39. The van der Waals surface area contributed by atoms with Crippen molar-refractivity contribution in [2.75, 3.05) is 6.54 Å². The molecule has 0 radical (unpaired) electrons. The van der Waals surface area contributed by atoms with Crippen molar-refractivity contribution in [1.29, 1.82) is 0 Å². The van der Waals surface area contributed by atoms with E-state index in [1.807, 2.05) is 0 Å². The van der Waals surface area contributed by atoms with Gasteiger partial charge in [-0.25, -0.2) is 0 Å². The predicted molar refractivity (Wildman–Crippen MR) is 60.2 cm³/mol. The molecule has 0 spiro atoms. The second-order valence-corrected chi connectivity index (χ2v) is 5.27. The first-order valence-electron chi connectivity index (χ1n) is 6.37. The third-order valence-corrected chi connectivity index (χ3v) is 3.62. The molecule has 1 aliphatic heterocycles. The molecule has 1 aromatic heterocycles. The Hall–Kier alpha value is -0.900. The van der Waals surface area contributed by atoms with Gasteiger partial charge in [-0.3, -0.25) is 0 Å². The molecule has 0 amide bonds. The molecule has 0 bridgehead atoms. The molecule has 2 fully saturated rings. The topological polar surface area (TPSA) is 51.0 Å². The van der Waals surface area contributed by atoms with Crippen LogP contribution in [0.2, 0.25) is 0 Å². The zero-order valence-electron chi connectivity index (χ0n) is 9.78. The van der Waals surface area contributed by atoms with E-state index < -0.39 is 0 Å². The van der Waals surface area contributed by atoms with E-state index in [2.05, 4.69) is 22.4 Å². The molecule has 1 saturated carbocycles. The summed E-state index contributed by atoms with van der Waals surface area (Å²) in [4.78, 5) is 4.54. The maximum Gasteiger partial charge on any atom is 0.229 e. The van der Waals surface area contributed by atoms with Crippen LogP contribution in [0.4, 0.5) is 0 Å². The fourth-order valence-electron chi connectivity index (χ4n) is 2.45. The van der Waals surface area contributed by atoms with Gasteiger partial charge in [-0.05, 0) is 45.1 Å². The zero-order valence-corrected chi connectivity index (χ0v) is 9.78. The van der Waals surface area contributed by atoms with Crippen molar-refractivity contribution in [2.24, 2.45) is 5.92 Å². The molecule has 1 aliphatic carbocycles. The summed E-state index contributed by atoms with van der Waals surface area (Å²) in [6, 6.07) is 0.567. The fourth-order valence-corrected chi connectivity index (χ4v) is 2.45. The summed E-state index contributed by atoms with van der Waals surface area (Å²) < 4.78 is 5.39. The third-order valence-electron chi connectivity index (χ3n) is 3.62. The van der Waals surface area contributed by atoms with E-state index in [9.17, 15) is 0 Å². The Balaban J connectivity index is 1.65. The second-order valence-electron chi connectivity index (χ2n) is 5.27. The third kappa shape index (κ3) is 2.26. The minimum Gasteiger partial charge on any atom is -0.339 e. The first kappa shape index (κ1) is 10.3. The van der Waals surface area contributed by atoms with Crippen LogP contribution in [0.1, 0.15) is 50.2 Å². The van der Waals surface area contributed by atoms with E-state index in [0.717, 1.165) is 43.4 Å². The van der Waals surface area contributed by atoms with Crippen molar-refractivity contribution in [3.05, 3.63) is 11.7 Å². The Bertz CT molecular complexity index is 359. The normalized spacial score (nSPS) is 30.6. The van der Waals surface area contributed by atoms with Crippen LogP contribution in [0.25, 0.3) is 0 Å². The zero-order chi connectivity index (χ0) is 11.0. The fraction of sp³-hybridized carbons (Fsp3) is 0.833. The molecule has 1 N–H and O–H groups in total. The second kappa shape index (κ2) is 4.17. The van der Waals surface area contributed by atoms with Crippen molar-refractivity contribution in [2.45, 2.75) is 51.0 Å². The number of aromatic nitrogens is 2. The maximum absolute atomic E-state index is 5.39. The Labute approximate surface area is 95.8 Å². The Morgan fingerprint density at radius 2 is 2.25 bits per heavy atom. The van der Waals surface area contributed by atoms with Gasteiger partial charge in [0.15, 0.2) is 5.82 Å². The van der Waals surface area contributed by atoms with Crippen LogP contribution in [-0.2, 0) is 6.42 Å². The van der Waals surface area contributed by atoms with Gasteiger partial charge in [-0.2, -0.15) is 4.98 Å². The van der Waals surface area contributed by atoms with Gasteiger partial charge in [-0.15, -0.1) is 0 Å². The van der Waals surface area contributed by atoms with Crippen LogP contribution >= 0.6 is 0 Å². The van der Waals surface area contributed by atoms with Crippen molar-refractivity contribution in [3.63, 3.8) is 0 Å². The molecular formula is C12H19N3O. The lowest BCUT2D eigenvalue weighted by Crippen LogP contribution is -2.34. The van der Waals surface area contributed by atoms with Gasteiger partial charge in [0, 0.05) is 18.4 Å². The molecule has 0 aromatic carbocycles. The number of nitrogens with one attached hydrogen (secondary N) is 1. The Morgan fingerprint density at radius 1 is 1.38 bits per heavy atom. The molecule has 3 rings (SSSR count). The molecular weight excluding hydrogens is 202 g/mol. The predicted octanol–water partition coefficient (Wildman–Crippen LogP) is 1.88. The van der Waals surface area contributed by atoms with Crippen LogP contribution in [0.5, 0.6) is 0 Å².